The van der Waals surface area contributed by atoms with E-state index in [2.05, 4.69) is 5.32 Å². The predicted molar refractivity (Wildman–Crippen MR) is 131 cm³/mol. The molecule has 0 spiro atoms. The van der Waals surface area contributed by atoms with Crippen LogP contribution in [0.25, 0.3) is 0 Å². The van der Waals surface area contributed by atoms with Gasteiger partial charge in [-0.25, -0.2) is 0 Å². The topological polar surface area (TPSA) is 58.6 Å². The van der Waals surface area contributed by atoms with E-state index in [1.807, 2.05) is 60.7 Å². The summed E-state index contributed by atoms with van der Waals surface area (Å²) in [6.07, 6.45) is 1.27. The lowest BCUT2D eigenvalue weighted by Gasteiger charge is -2.31. The van der Waals surface area contributed by atoms with Crippen molar-refractivity contribution in [2.45, 2.75) is 31.8 Å². The number of halogens is 1. The first-order valence-corrected chi connectivity index (χ1v) is 11.4. The van der Waals surface area contributed by atoms with E-state index in [-0.39, 0.29) is 18.2 Å². The molecule has 6 heteroatoms. The van der Waals surface area contributed by atoms with Crippen molar-refractivity contribution in [3.63, 3.8) is 0 Å². The zero-order valence-corrected chi connectivity index (χ0v) is 19.5. The lowest BCUT2D eigenvalue weighted by molar-refractivity contribution is -0.141. The maximum absolute atomic E-state index is 13.3. The van der Waals surface area contributed by atoms with E-state index < -0.39 is 6.04 Å². The number of ether oxygens (including phenoxy) is 1. The van der Waals surface area contributed by atoms with Gasteiger partial charge in [-0.15, -0.1) is 0 Å². The van der Waals surface area contributed by atoms with Gasteiger partial charge in [0.1, 0.15) is 11.8 Å². The van der Waals surface area contributed by atoms with E-state index in [9.17, 15) is 9.59 Å². The van der Waals surface area contributed by atoms with Gasteiger partial charge >= 0.3 is 0 Å². The first-order chi connectivity index (χ1) is 16.1. The minimum atomic E-state index is -0.609. The van der Waals surface area contributed by atoms with Crippen molar-refractivity contribution < 1.29 is 14.3 Å². The van der Waals surface area contributed by atoms with Gasteiger partial charge in [0.05, 0.1) is 6.61 Å². The number of amides is 2. The van der Waals surface area contributed by atoms with E-state index in [1.165, 1.54) is 0 Å². The number of nitrogens with zero attached hydrogens (tertiary/aromatic N) is 1. The van der Waals surface area contributed by atoms with Crippen LogP contribution >= 0.6 is 11.6 Å². The van der Waals surface area contributed by atoms with Crippen LogP contribution in [0.2, 0.25) is 5.02 Å². The zero-order chi connectivity index (χ0) is 23.5. The summed E-state index contributed by atoms with van der Waals surface area (Å²) >= 11 is 5.90. The monoisotopic (exact) mass is 464 g/mol. The Morgan fingerprint density at radius 1 is 0.909 bits per heavy atom. The van der Waals surface area contributed by atoms with Crippen molar-refractivity contribution >= 4 is 23.4 Å². The Morgan fingerprint density at radius 3 is 2.12 bits per heavy atom. The smallest absolute Gasteiger partial charge is 0.242 e. The molecular formula is C27H29ClN2O3. The summed E-state index contributed by atoms with van der Waals surface area (Å²) in [5.41, 5.74) is 1.98. The number of carbonyl (C=O) groups is 2. The highest BCUT2D eigenvalue weighted by molar-refractivity contribution is 6.30. The molecule has 0 saturated heterocycles. The molecule has 0 heterocycles. The van der Waals surface area contributed by atoms with Crippen molar-refractivity contribution in [2.75, 3.05) is 13.7 Å². The van der Waals surface area contributed by atoms with E-state index in [0.717, 1.165) is 11.1 Å². The molecule has 1 unspecified atom stereocenters. The van der Waals surface area contributed by atoms with Gasteiger partial charge in [-0.05, 0) is 41.8 Å². The van der Waals surface area contributed by atoms with Gasteiger partial charge in [-0.1, -0.05) is 72.3 Å². The summed E-state index contributed by atoms with van der Waals surface area (Å²) in [5, 5.41) is 3.38. The number of carbonyl (C=O) groups excluding carboxylic acids is 2. The fraction of sp³-hybridized carbons (Fsp3) is 0.259. The molecule has 0 aliphatic rings. The minimum Gasteiger partial charge on any atom is -0.494 e. The molecule has 0 radical (unpaired) electrons. The van der Waals surface area contributed by atoms with Crippen molar-refractivity contribution in [3.8, 4) is 5.75 Å². The van der Waals surface area contributed by atoms with Crippen molar-refractivity contribution in [2.24, 2.45) is 0 Å². The number of likely N-dealkylation sites (N-methyl/N-ethyl adjacent to an activating group) is 1. The van der Waals surface area contributed by atoms with Gasteiger partial charge in [-0.2, -0.15) is 0 Å². The highest BCUT2D eigenvalue weighted by Gasteiger charge is 2.29. The van der Waals surface area contributed by atoms with Gasteiger partial charge in [0.25, 0.3) is 0 Å². The second-order valence-electron chi connectivity index (χ2n) is 7.73. The second kappa shape index (κ2) is 12.7. The van der Waals surface area contributed by atoms with Crippen molar-refractivity contribution in [1.29, 1.82) is 0 Å². The maximum Gasteiger partial charge on any atom is 0.242 e. The molecule has 0 aliphatic carbocycles. The van der Waals surface area contributed by atoms with Crippen LogP contribution in [0.15, 0.2) is 84.9 Å². The summed E-state index contributed by atoms with van der Waals surface area (Å²) in [6, 6.07) is 26.0. The van der Waals surface area contributed by atoms with Crippen LogP contribution in [-0.2, 0) is 22.6 Å². The van der Waals surface area contributed by atoms with Gasteiger partial charge in [0.15, 0.2) is 0 Å². The quantitative estimate of drug-likeness (QED) is 0.411. The molecule has 2 amide bonds. The van der Waals surface area contributed by atoms with Crippen LogP contribution < -0.4 is 10.1 Å². The summed E-state index contributed by atoms with van der Waals surface area (Å²) in [5.74, 6) is 0.448. The fourth-order valence-corrected chi connectivity index (χ4v) is 3.71. The Labute approximate surface area is 200 Å². The molecule has 0 saturated carbocycles. The third-order valence-corrected chi connectivity index (χ3v) is 5.58. The number of hydrogen-bond donors (Lipinski definition) is 1. The predicted octanol–water partition coefficient (Wildman–Crippen LogP) is 4.89. The molecule has 0 aliphatic heterocycles. The SMILES string of the molecule is CNC(=O)C(Cc1ccccc1)N(Cc1ccccc1)C(=O)CCCOc1ccc(Cl)cc1. The Bertz CT molecular complexity index is 1010. The van der Waals surface area contributed by atoms with Crippen LogP contribution in [0.1, 0.15) is 24.0 Å². The van der Waals surface area contributed by atoms with Gasteiger partial charge in [-0.3, -0.25) is 9.59 Å². The Balaban J connectivity index is 1.71. The standard InChI is InChI=1S/C27H29ClN2O3/c1-29-27(32)25(19-21-9-4-2-5-10-21)30(20-22-11-6-3-7-12-22)26(31)13-8-18-33-24-16-14-23(28)15-17-24/h2-7,9-12,14-17,25H,8,13,18-20H2,1H3,(H,29,32). The lowest BCUT2D eigenvalue weighted by atomic mass is 10.0. The van der Waals surface area contributed by atoms with E-state index in [1.54, 1.807) is 36.2 Å². The number of hydrogen-bond acceptors (Lipinski definition) is 3. The average molecular weight is 465 g/mol. The van der Waals surface area contributed by atoms with E-state index in [0.29, 0.717) is 36.8 Å². The fourth-order valence-electron chi connectivity index (χ4n) is 3.59. The number of nitrogens with one attached hydrogen (secondary N) is 1. The van der Waals surface area contributed by atoms with Gasteiger partial charge in [0.2, 0.25) is 11.8 Å². The van der Waals surface area contributed by atoms with Crippen LogP contribution in [0.4, 0.5) is 0 Å². The summed E-state index contributed by atoms with van der Waals surface area (Å²) in [4.78, 5) is 27.9. The Kier molecular flexibility index (Phi) is 9.33. The Hall–Kier alpha value is -3.31. The molecule has 0 bridgehead atoms. The molecule has 0 aromatic heterocycles. The summed E-state index contributed by atoms with van der Waals surface area (Å²) in [7, 11) is 1.60. The molecule has 0 fully saturated rings. The highest BCUT2D eigenvalue weighted by Crippen LogP contribution is 2.18. The largest absolute Gasteiger partial charge is 0.494 e. The Morgan fingerprint density at radius 2 is 1.52 bits per heavy atom. The average Bonchev–Trinajstić information content (AvgIpc) is 2.85. The summed E-state index contributed by atoms with van der Waals surface area (Å²) < 4.78 is 5.73. The third kappa shape index (κ3) is 7.65. The lowest BCUT2D eigenvalue weighted by Crippen LogP contribution is -2.49. The van der Waals surface area contributed by atoms with Crippen molar-refractivity contribution in [3.05, 3.63) is 101 Å². The van der Waals surface area contributed by atoms with Crippen LogP contribution in [0, 0.1) is 0 Å². The number of benzene rings is 3. The molecule has 3 rings (SSSR count). The molecule has 33 heavy (non-hydrogen) atoms. The van der Waals surface area contributed by atoms with Gasteiger partial charge < -0.3 is 15.0 Å². The van der Waals surface area contributed by atoms with Crippen LogP contribution in [0.5, 0.6) is 5.75 Å². The molecule has 1 N–H and O–H groups in total. The molecule has 5 nitrogen and oxygen atoms in total. The maximum atomic E-state index is 13.3. The van der Waals surface area contributed by atoms with E-state index in [4.69, 9.17) is 16.3 Å². The minimum absolute atomic E-state index is 0.0805. The molecule has 172 valence electrons. The molecule has 1 atom stereocenters. The normalized spacial score (nSPS) is 11.5. The van der Waals surface area contributed by atoms with Crippen molar-refractivity contribution in [1.82, 2.24) is 10.2 Å². The third-order valence-electron chi connectivity index (χ3n) is 5.33. The molecular weight excluding hydrogens is 436 g/mol. The summed E-state index contributed by atoms with van der Waals surface area (Å²) in [6.45, 7) is 0.762. The zero-order valence-electron chi connectivity index (χ0n) is 18.7. The number of rotatable bonds is 11. The van der Waals surface area contributed by atoms with Crippen LogP contribution in [-0.4, -0.2) is 36.4 Å². The second-order valence-corrected chi connectivity index (χ2v) is 8.17. The molecule has 3 aromatic carbocycles. The van der Waals surface area contributed by atoms with Crippen LogP contribution in [0.3, 0.4) is 0 Å². The molecule has 3 aromatic rings. The van der Waals surface area contributed by atoms with Gasteiger partial charge in [0, 0.05) is 31.5 Å². The first-order valence-electron chi connectivity index (χ1n) is 11.0. The highest BCUT2D eigenvalue weighted by atomic mass is 35.5. The first kappa shape index (κ1) is 24.3. The van der Waals surface area contributed by atoms with E-state index >= 15 is 0 Å².